The van der Waals surface area contributed by atoms with Gasteiger partial charge in [0.15, 0.2) is 0 Å². The third-order valence-corrected chi connectivity index (χ3v) is 1.23. The Morgan fingerprint density at radius 2 is 2.33 bits per heavy atom. The summed E-state index contributed by atoms with van der Waals surface area (Å²) in [5.41, 5.74) is 1.86. The molecule has 1 N–H and O–H groups in total. The summed E-state index contributed by atoms with van der Waals surface area (Å²) in [5, 5.41) is 0. The number of nitrogens with one attached hydrogen (secondary N) is 1. The molecule has 0 unspecified atom stereocenters. The Hall–Kier alpha value is -0.985. The van der Waals surface area contributed by atoms with Gasteiger partial charge in [-0.15, -0.1) is 0 Å². The van der Waals surface area contributed by atoms with E-state index in [2.05, 4.69) is 4.98 Å². The fourth-order valence-corrected chi connectivity index (χ4v) is 0.742. The summed E-state index contributed by atoms with van der Waals surface area (Å²) >= 11 is 0. The second-order valence-electron chi connectivity index (χ2n) is 2.19. The van der Waals surface area contributed by atoms with E-state index in [1.54, 1.807) is 14.0 Å². The second-order valence-corrected chi connectivity index (χ2v) is 2.19. The first-order valence-electron chi connectivity index (χ1n) is 2.86. The lowest BCUT2D eigenvalue weighted by Gasteiger charge is -1.91. The molecule has 1 aromatic rings. The fourth-order valence-electron chi connectivity index (χ4n) is 0.742. The molecule has 46 valence electrons. The van der Waals surface area contributed by atoms with Crippen LogP contribution in [0.25, 0.3) is 0 Å². The van der Waals surface area contributed by atoms with Crippen LogP contribution in [0.5, 0.6) is 0 Å². The van der Waals surface area contributed by atoms with Gasteiger partial charge in [0.1, 0.15) is 7.85 Å². The summed E-state index contributed by atoms with van der Waals surface area (Å²) in [6, 6.07) is 1.86. The van der Waals surface area contributed by atoms with Crippen LogP contribution in [0.4, 0.5) is 0 Å². The van der Waals surface area contributed by atoms with E-state index < -0.39 is 0 Å². The van der Waals surface area contributed by atoms with Crippen LogP contribution in [-0.4, -0.2) is 12.8 Å². The molecule has 9 heavy (non-hydrogen) atoms. The Bertz CT molecular complexity index is 266. The van der Waals surface area contributed by atoms with Gasteiger partial charge >= 0.3 is 0 Å². The zero-order valence-electron chi connectivity index (χ0n) is 5.56. The Balaban J connectivity index is 3.34. The van der Waals surface area contributed by atoms with Crippen molar-refractivity contribution in [1.29, 1.82) is 0 Å². The average molecular weight is 121 g/mol. The van der Waals surface area contributed by atoms with Gasteiger partial charge in [0.2, 0.25) is 5.56 Å². The van der Waals surface area contributed by atoms with Crippen LogP contribution in [0.3, 0.4) is 0 Å². The van der Waals surface area contributed by atoms with Gasteiger partial charge in [0.05, 0.1) is 0 Å². The fraction of sp³-hybridized carbons (Fsp3) is 0.167. The topological polar surface area (TPSA) is 32.9 Å². The van der Waals surface area contributed by atoms with Crippen molar-refractivity contribution < 1.29 is 0 Å². The summed E-state index contributed by atoms with van der Waals surface area (Å²) in [4.78, 5) is 13.3. The summed E-state index contributed by atoms with van der Waals surface area (Å²) in [6.07, 6.45) is 1.70. The lowest BCUT2D eigenvalue weighted by Crippen LogP contribution is -2.26. The highest BCUT2D eigenvalue weighted by Crippen LogP contribution is 1.82. The highest BCUT2D eigenvalue weighted by molar-refractivity contribution is 6.31. The normalized spacial score (nSPS) is 9.44. The van der Waals surface area contributed by atoms with Crippen LogP contribution in [0.1, 0.15) is 5.56 Å². The molecule has 0 aromatic carbocycles. The highest BCUT2D eigenvalue weighted by atomic mass is 16.1. The van der Waals surface area contributed by atoms with E-state index in [9.17, 15) is 4.79 Å². The molecule has 0 bridgehead atoms. The molecule has 0 aliphatic carbocycles. The van der Waals surface area contributed by atoms with Gasteiger partial charge in [0, 0.05) is 6.20 Å². The first-order chi connectivity index (χ1) is 4.20. The molecule has 3 heteroatoms. The molecule has 0 fully saturated rings. The lowest BCUT2D eigenvalue weighted by atomic mass is 9.97. The third kappa shape index (κ3) is 1.22. The number of aromatic amines is 1. The molecule has 0 radical (unpaired) electrons. The minimum Gasteiger partial charge on any atom is -0.329 e. The van der Waals surface area contributed by atoms with E-state index >= 15 is 0 Å². The summed E-state index contributed by atoms with van der Waals surface area (Å²) in [6.45, 7) is 1.95. The molecule has 0 amide bonds. The molecular formula is C6H8BNO. The van der Waals surface area contributed by atoms with Gasteiger partial charge in [-0.3, -0.25) is 4.79 Å². The second kappa shape index (κ2) is 2.09. The van der Waals surface area contributed by atoms with Crippen LogP contribution >= 0.6 is 0 Å². The third-order valence-electron chi connectivity index (χ3n) is 1.23. The van der Waals surface area contributed by atoms with Gasteiger partial charge < -0.3 is 4.98 Å². The van der Waals surface area contributed by atoms with Crippen molar-refractivity contribution in [1.82, 2.24) is 4.98 Å². The van der Waals surface area contributed by atoms with Gasteiger partial charge in [-0.2, -0.15) is 0 Å². The van der Waals surface area contributed by atoms with Crippen LogP contribution in [-0.2, 0) is 0 Å². The minimum absolute atomic E-state index is 0.000556. The van der Waals surface area contributed by atoms with E-state index in [-0.39, 0.29) is 5.56 Å². The Morgan fingerprint density at radius 3 is 2.78 bits per heavy atom. The maximum Gasteiger partial charge on any atom is 0.241 e. The van der Waals surface area contributed by atoms with Crippen molar-refractivity contribution in [3.8, 4) is 0 Å². The van der Waals surface area contributed by atoms with Gasteiger partial charge in [-0.1, -0.05) is 6.07 Å². The molecule has 0 aliphatic rings. The number of hydrogen-bond acceptors (Lipinski definition) is 1. The molecule has 0 spiro atoms. The first-order valence-corrected chi connectivity index (χ1v) is 2.86. The number of hydrogen-bond donors (Lipinski definition) is 1. The summed E-state index contributed by atoms with van der Waals surface area (Å²) < 4.78 is 0. The number of aromatic nitrogens is 1. The van der Waals surface area contributed by atoms with Crippen LogP contribution < -0.4 is 11.0 Å². The Labute approximate surface area is 54.3 Å². The molecule has 1 aromatic heterocycles. The molecule has 0 atom stereocenters. The predicted molar refractivity (Wildman–Crippen MR) is 40.0 cm³/mol. The molecular weight excluding hydrogens is 113 g/mol. The van der Waals surface area contributed by atoms with Crippen LogP contribution in [0.2, 0.25) is 0 Å². The standard InChI is InChI=1S/C6H8BNO/c1-4-2-5(7)6(9)8-3-4/h2-3H,7H2,1H3,(H,8,9). The Morgan fingerprint density at radius 1 is 1.67 bits per heavy atom. The SMILES string of the molecule is Bc1cc(C)c[nH]c1=O. The smallest absolute Gasteiger partial charge is 0.241 e. The molecule has 1 heterocycles. The monoisotopic (exact) mass is 121 g/mol. The van der Waals surface area contributed by atoms with Crippen molar-refractivity contribution in [2.24, 2.45) is 0 Å². The zero-order valence-corrected chi connectivity index (χ0v) is 5.56. The minimum atomic E-state index is 0.000556. The maximum absolute atomic E-state index is 10.7. The number of rotatable bonds is 0. The van der Waals surface area contributed by atoms with Crippen molar-refractivity contribution in [2.45, 2.75) is 6.92 Å². The van der Waals surface area contributed by atoms with Crippen LogP contribution in [0.15, 0.2) is 17.1 Å². The zero-order chi connectivity index (χ0) is 6.85. The van der Waals surface area contributed by atoms with E-state index in [0.29, 0.717) is 0 Å². The van der Waals surface area contributed by atoms with Gasteiger partial charge in [-0.25, -0.2) is 0 Å². The van der Waals surface area contributed by atoms with E-state index in [1.807, 2.05) is 13.0 Å². The number of pyridine rings is 1. The van der Waals surface area contributed by atoms with Crippen molar-refractivity contribution in [3.05, 3.63) is 28.2 Å². The van der Waals surface area contributed by atoms with Crippen molar-refractivity contribution >= 4 is 13.3 Å². The van der Waals surface area contributed by atoms with Crippen molar-refractivity contribution in [3.63, 3.8) is 0 Å². The van der Waals surface area contributed by atoms with Crippen molar-refractivity contribution in [2.75, 3.05) is 0 Å². The van der Waals surface area contributed by atoms with E-state index in [1.165, 1.54) is 0 Å². The molecule has 1 rings (SSSR count). The van der Waals surface area contributed by atoms with Gasteiger partial charge in [-0.05, 0) is 17.9 Å². The maximum atomic E-state index is 10.7. The van der Waals surface area contributed by atoms with E-state index in [0.717, 1.165) is 11.0 Å². The summed E-state index contributed by atoms with van der Waals surface area (Å²) in [5.74, 6) is 0. The summed E-state index contributed by atoms with van der Waals surface area (Å²) in [7, 11) is 1.80. The lowest BCUT2D eigenvalue weighted by molar-refractivity contribution is 1.22. The molecule has 0 saturated heterocycles. The quantitative estimate of drug-likeness (QED) is 0.436. The van der Waals surface area contributed by atoms with Crippen LogP contribution in [0, 0.1) is 6.92 Å². The highest BCUT2D eigenvalue weighted by Gasteiger charge is 1.89. The predicted octanol–water partition coefficient (Wildman–Crippen LogP) is -1.06. The first kappa shape index (κ1) is 6.14. The van der Waals surface area contributed by atoms with E-state index in [4.69, 9.17) is 0 Å². The molecule has 0 aliphatic heterocycles. The molecule has 0 saturated carbocycles. The number of H-pyrrole nitrogens is 1. The number of aryl methyl sites for hydroxylation is 1. The Kier molecular flexibility index (Phi) is 1.43. The average Bonchev–Trinajstić information content (AvgIpc) is 1.80. The largest absolute Gasteiger partial charge is 0.329 e. The van der Waals surface area contributed by atoms with Gasteiger partial charge in [0.25, 0.3) is 0 Å². The molecule has 2 nitrogen and oxygen atoms in total.